The van der Waals surface area contributed by atoms with Crippen LogP contribution in [0.2, 0.25) is 10.0 Å². The average Bonchev–Trinajstić information content (AvgIpc) is 3.05. The predicted molar refractivity (Wildman–Crippen MR) is 108 cm³/mol. The molecule has 2 aromatic carbocycles. The van der Waals surface area contributed by atoms with Crippen molar-refractivity contribution in [1.29, 1.82) is 0 Å². The molecule has 1 heterocycles. The predicted octanol–water partition coefficient (Wildman–Crippen LogP) is 5.43. The van der Waals surface area contributed by atoms with Crippen LogP contribution in [0.3, 0.4) is 0 Å². The molecule has 2 N–H and O–H groups in total. The number of amides is 1. The van der Waals surface area contributed by atoms with Gasteiger partial charge in [-0.2, -0.15) is 0 Å². The molecule has 5 heteroatoms. The van der Waals surface area contributed by atoms with Gasteiger partial charge in [0.2, 0.25) is 0 Å². The summed E-state index contributed by atoms with van der Waals surface area (Å²) in [4.78, 5) is 12.6. The van der Waals surface area contributed by atoms with Crippen molar-refractivity contribution in [2.24, 2.45) is 0 Å². The van der Waals surface area contributed by atoms with E-state index in [-0.39, 0.29) is 11.4 Å². The SMILES string of the molecule is O=C(C=C1NC2(CCCC2)Cc2ccccc21)Nc1ccc(Cl)cc1Cl. The van der Waals surface area contributed by atoms with Crippen molar-refractivity contribution < 1.29 is 4.79 Å². The molecule has 134 valence electrons. The fourth-order valence-corrected chi connectivity index (χ4v) is 4.51. The Bertz CT molecular complexity index is 885. The van der Waals surface area contributed by atoms with Crippen LogP contribution in [0.5, 0.6) is 0 Å². The van der Waals surface area contributed by atoms with E-state index in [1.165, 1.54) is 18.4 Å². The molecular formula is C21H20Cl2N2O. The molecule has 0 radical (unpaired) electrons. The smallest absolute Gasteiger partial charge is 0.250 e. The highest BCUT2D eigenvalue weighted by Gasteiger charge is 2.38. The second-order valence-corrected chi connectivity index (χ2v) is 7.96. The minimum atomic E-state index is -0.207. The van der Waals surface area contributed by atoms with Gasteiger partial charge in [-0.1, -0.05) is 60.3 Å². The maximum atomic E-state index is 12.6. The zero-order chi connectivity index (χ0) is 18.1. The highest BCUT2D eigenvalue weighted by molar-refractivity contribution is 6.36. The van der Waals surface area contributed by atoms with Gasteiger partial charge in [0.15, 0.2) is 0 Å². The molecule has 0 unspecified atom stereocenters. The molecule has 2 aromatic rings. The van der Waals surface area contributed by atoms with Crippen molar-refractivity contribution in [3.8, 4) is 0 Å². The highest BCUT2D eigenvalue weighted by Crippen LogP contribution is 2.39. The lowest BCUT2D eigenvalue weighted by molar-refractivity contribution is -0.111. The van der Waals surface area contributed by atoms with Gasteiger partial charge in [-0.15, -0.1) is 0 Å². The number of halogens is 2. The van der Waals surface area contributed by atoms with Gasteiger partial charge in [0.25, 0.3) is 5.91 Å². The molecule has 3 nitrogen and oxygen atoms in total. The summed E-state index contributed by atoms with van der Waals surface area (Å²) in [5.41, 5.74) is 3.92. The third-order valence-corrected chi connectivity index (χ3v) is 5.81. The number of rotatable bonds is 2. The van der Waals surface area contributed by atoms with Crippen LogP contribution in [0, 0.1) is 0 Å². The Morgan fingerprint density at radius 3 is 2.65 bits per heavy atom. The van der Waals surface area contributed by atoms with Crippen LogP contribution in [-0.4, -0.2) is 11.4 Å². The maximum Gasteiger partial charge on any atom is 0.250 e. The monoisotopic (exact) mass is 386 g/mol. The van der Waals surface area contributed by atoms with Crippen molar-refractivity contribution >= 4 is 40.5 Å². The number of anilines is 1. The lowest BCUT2D eigenvalue weighted by Gasteiger charge is -2.38. The van der Waals surface area contributed by atoms with Crippen LogP contribution in [0.4, 0.5) is 5.69 Å². The summed E-state index contributed by atoms with van der Waals surface area (Å²) in [6.07, 6.45) is 7.41. The summed E-state index contributed by atoms with van der Waals surface area (Å²) in [6.45, 7) is 0. The van der Waals surface area contributed by atoms with Gasteiger partial charge in [-0.05, 0) is 43.0 Å². The van der Waals surface area contributed by atoms with Crippen LogP contribution in [0.1, 0.15) is 36.8 Å². The van der Waals surface area contributed by atoms with Crippen LogP contribution in [0.15, 0.2) is 48.5 Å². The van der Waals surface area contributed by atoms with E-state index in [1.807, 2.05) is 6.07 Å². The third-order valence-electron chi connectivity index (χ3n) is 5.26. The molecule has 1 aliphatic carbocycles. The summed E-state index contributed by atoms with van der Waals surface area (Å²) < 4.78 is 0. The lowest BCUT2D eigenvalue weighted by Crippen LogP contribution is -2.47. The summed E-state index contributed by atoms with van der Waals surface area (Å²) in [5, 5.41) is 7.48. The first-order valence-electron chi connectivity index (χ1n) is 8.89. The Morgan fingerprint density at radius 1 is 1.12 bits per heavy atom. The van der Waals surface area contributed by atoms with E-state index in [0.29, 0.717) is 15.7 Å². The molecule has 1 saturated carbocycles. The highest BCUT2D eigenvalue weighted by atomic mass is 35.5. The van der Waals surface area contributed by atoms with E-state index in [9.17, 15) is 4.79 Å². The zero-order valence-corrected chi connectivity index (χ0v) is 15.8. The molecule has 0 bridgehead atoms. The standard InChI is InChI=1S/C21H20Cl2N2O/c22-15-7-8-18(17(23)11-15)24-20(26)12-19-16-6-2-1-5-14(16)13-21(25-19)9-3-4-10-21/h1-2,5-8,11-12,25H,3-4,9-10,13H2,(H,24,26). The second-order valence-electron chi connectivity index (χ2n) is 7.12. The number of hydrogen-bond acceptors (Lipinski definition) is 2. The molecule has 2 aliphatic rings. The van der Waals surface area contributed by atoms with E-state index in [0.717, 1.165) is 30.5 Å². The first-order valence-corrected chi connectivity index (χ1v) is 9.64. The summed E-state index contributed by atoms with van der Waals surface area (Å²) in [7, 11) is 0. The van der Waals surface area contributed by atoms with Gasteiger partial charge < -0.3 is 10.6 Å². The van der Waals surface area contributed by atoms with Gasteiger partial charge in [0, 0.05) is 27.9 Å². The minimum absolute atomic E-state index is 0.0817. The van der Waals surface area contributed by atoms with Gasteiger partial charge in [-0.3, -0.25) is 4.79 Å². The lowest BCUT2D eigenvalue weighted by atomic mass is 9.82. The fourth-order valence-electron chi connectivity index (χ4n) is 4.06. The number of nitrogens with one attached hydrogen (secondary N) is 2. The fraction of sp³-hybridized carbons (Fsp3) is 0.286. The number of fused-ring (bicyclic) bond motifs is 1. The molecule has 0 saturated heterocycles. The maximum absolute atomic E-state index is 12.6. The van der Waals surface area contributed by atoms with Crippen LogP contribution in [-0.2, 0) is 11.2 Å². The minimum Gasteiger partial charge on any atom is -0.379 e. The topological polar surface area (TPSA) is 41.1 Å². The first-order chi connectivity index (χ1) is 12.5. The van der Waals surface area contributed by atoms with E-state index in [4.69, 9.17) is 23.2 Å². The molecule has 4 rings (SSSR count). The number of hydrogen-bond donors (Lipinski definition) is 2. The molecule has 26 heavy (non-hydrogen) atoms. The largest absolute Gasteiger partial charge is 0.379 e. The van der Waals surface area contributed by atoms with Crippen molar-refractivity contribution in [1.82, 2.24) is 5.32 Å². The first kappa shape index (κ1) is 17.4. The van der Waals surface area contributed by atoms with Crippen LogP contribution in [0.25, 0.3) is 5.70 Å². The molecule has 0 aromatic heterocycles. The zero-order valence-electron chi connectivity index (χ0n) is 14.3. The van der Waals surface area contributed by atoms with Gasteiger partial charge >= 0.3 is 0 Å². The second kappa shape index (κ2) is 6.98. The van der Waals surface area contributed by atoms with Gasteiger partial charge in [0.05, 0.1) is 10.7 Å². The Morgan fingerprint density at radius 2 is 1.88 bits per heavy atom. The van der Waals surface area contributed by atoms with Crippen molar-refractivity contribution in [2.45, 2.75) is 37.6 Å². The van der Waals surface area contributed by atoms with E-state index in [2.05, 4.69) is 28.8 Å². The number of benzene rings is 2. The Balaban J connectivity index is 1.63. The summed E-state index contributed by atoms with van der Waals surface area (Å²) in [5.74, 6) is -0.207. The quantitative estimate of drug-likeness (QED) is 0.675. The molecule has 1 fully saturated rings. The van der Waals surface area contributed by atoms with Crippen molar-refractivity contribution in [3.63, 3.8) is 0 Å². The van der Waals surface area contributed by atoms with Gasteiger partial charge in [-0.25, -0.2) is 0 Å². The molecule has 1 amide bonds. The molecule has 1 aliphatic heterocycles. The summed E-state index contributed by atoms with van der Waals surface area (Å²) in [6, 6.07) is 13.3. The van der Waals surface area contributed by atoms with Crippen LogP contribution >= 0.6 is 23.2 Å². The van der Waals surface area contributed by atoms with E-state index < -0.39 is 0 Å². The summed E-state index contributed by atoms with van der Waals surface area (Å²) >= 11 is 12.1. The van der Waals surface area contributed by atoms with Gasteiger partial charge in [0.1, 0.15) is 0 Å². The van der Waals surface area contributed by atoms with Crippen LogP contribution < -0.4 is 10.6 Å². The normalized spacial score (nSPS) is 19.2. The third kappa shape index (κ3) is 3.46. The van der Waals surface area contributed by atoms with E-state index >= 15 is 0 Å². The molecule has 1 spiro atoms. The molecule has 0 atom stereocenters. The van der Waals surface area contributed by atoms with Crippen molar-refractivity contribution in [2.75, 3.05) is 5.32 Å². The number of carbonyl (C=O) groups excluding carboxylic acids is 1. The van der Waals surface area contributed by atoms with Crippen molar-refractivity contribution in [3.05, 3.63) is 69.7 Å². The Kier molecular flexibility index (Phi) is 4.68. The molecular weight excluding hydrogens is 367 g/mol. The van der Waals surface area contributed by atoms with E-state index in [1.54, 1.807) is 24.3 Å². The average molecular weight is 387 g/mol. The Labute approximate surface area is 163 Å². The number of carbonyl (C=O) groups is 1. The Hall–Kier alpha value is -1.97.